The van der Waals surface area contributed by atoms with Crippen LogP contribution in [-0.2, 0) is 21.2 Å². The first kappa shape index (κ1) is 20.0. The smallest absolute Gasteiger partial charge is 0.232 e. The molecule has 0 aromatic heterocycles. The topological polar surface area (TPSA) is 84.9 Å². The summed E-state index contributed by atoms with van der Waals surface area (Å²) in [5.74, 6) is 0.952. The van der Waals surface area contributed by atoms with E-state index in [1.54, 1.807) is 18.2 Å². The second kappa shape index (κ2) is 8.52. The third-order valence-corrected chi connectivity index (χ3v) is 5.65. The molecule has 0 atom stereocenters. The molecule has 1 amide bonds. The van der Waals surface area contributed by atoms with Crippen LogP contribution in [0.15, 0.2) is 42.5 Å². The Morgan fingerprint density at radius 1 is 1.11 bits per heavy atom. The number of aryl methyl sites for hydroxylation is 1. The molecule has 0 spiro atoms. The lowest BCUT2D eigenvalue weighted by Gasteiger charge is -2.22. The van der Waals surface area contributed by atoms with Crippen LogP contribution >= 0.6 is 0 Å². The number of anilines is 2. The molecular weight excluding hydrogens is 380 g/mol. The third-order valence-electron chi connectivity index (χ3n) is 4.46. The van der Waals surface area contributed by atoms with Gasteiger partial charge in [-0.2, -0.15) is 0 Å². The fourth-order valence-corrected chi connectivity index (χ4v) is 3.91. The molecule has 3 rings (SSSR count). The van der Waals surface area contributed by atoms with Crippen molar-refractivity contribution in [2.75, 3.05) is 29.2 Å². The summed E-state index contributed by atoms with van der Waals surface area (Å²) < 4.78 is 36.3. The number of nitrogens with one attached hydrogen (secondary N) is 1. The molecule has 0 saturated carbocycles. The molecule has 1 aliphatic rings. The van der Waals surface area contributed by atoms with Crippen molar-refractivity contribution in [3.8, 4) is 11.5 Å². The van der Waals surface area contributed by atoms with E-state index in [2.05, 4.69) is 12.2 Å². The molecule has 150 valence electrons. The van der Waals surface area contributed by atoms with Crippen LogP contribution in [0.4, 0.5) is 11.4 Å². The van der Waals surface area contributed by atoms with E-state index in [1.807, 2.05) is 24.3 Å². The average molecular weight is 404 g/mol. The maximum Gasteiger partial charge on any atom is 0.232 e. The lowest BCUT2D eigenvalue weighted by Crippen LogP contribution is -2.31. The first-order valence-corrected chi connectivity index (χ1v) is 11.0. The van der Waals surface area contributed by atoms with E-state index in [4.69, 9.17) is 9.47 Å². The summed E-state index contributed by atoms with van der Waals surface area (Å²) in [5.41, 5.74) is 2.42. The van der Waals surface area contributed by atoms with Crippen molar-refractivity contribution in [3.05, 3.63) is 48.0 Å². The molecule has 1 N–H and O–H groups in total. The van der Waals surface area contributed by atoms with E-state index in [0.29, 0.717) is 23.6 Å². The zero-order chi connectivity index (χ0) is 20.1. The summed E-state index contributed by atoms with van der Waals surface area (Å²) in [7, 11) is -3.49. The Morgan fingerprint density at radius 2 is 1.82 bits per heavy atom. The molecule has 0 unspecified atom stereocenters. The van der Waals surface area contributed by atoms with Crippen LogP contribution < -0.4 is 19.1 Å². The average Bonchev–Trinajstić information content (AvgIpc) is 3.12. The van der Waals surface area contributed by atoms with E-state index in [-0.39, 0.29) is 25.7 Å². The van der Waals surface area contributed by atoms with Crippen LogP contribution in [0, 0.1) is 0 Å². The molecule has 1 heterocycles. The Bertz CT molecular complexity index is 942. The Morgan fingerprint density at radius 3 is 2.50 bits per heavy atom. The van der Waals surface area contributed by atoms with Crippen molar-refractivity contribution in [2.24, 2.45) is 0 Å². The van der Waals surface area contributed by atoms with Crippen molar-refractivity contribution < 1.29 is 22.7 Å². The molecule has 28 heavy (non-hydrogen) atoms. The highest BCUT2D eigenvalue weighted by Gasteiger charge is 2.21. The van der Waals surface area contributed by atoms with Crippen molar-refractivity contribution in [3.63, 3.8) is 0 Å². The SMILES string of the molecule is CCc1ccc(NC(=O)CCCN(c2ccc3c(c2)OCO3)S(C)(=O)=O)cc1. The minimum atomic E-state index is -3.49. The fraction of sp³-hybridized carbons (Fsp3) is 0.350. The van der Waals surface area contributed by atoms with E-state index < -0.39 is 10.0 Å². The van der Waals surface area contributed by atoms with E-state index in [1.165, 1.54) is 9.87 Å². The molecule has 0 saturated heterocycles. The molecule has 7 nitrogen and oxygen atoms in total. The van der Waals surface area contributed by atoms with Crippen LogP contribution in [0.5, 0.6) is 11.5 Å². The first-order chi connectivity index (χ1) is 13.4. The third kappa shape index (κ3) is 4.95. The lowest BCUT2D eigenvalue weighted by molar-refractivity contribution is -0.116. The van der Waals surface area contributed by atoms with Crippen molar-refractivity contribution >= 4 is 27.3 Å². The summed E-state index contributed by atoms with van der Waals surface area (Å²) in [6.07, 6.45) is 2.69. The zero-order valence-electron chi connectivity index (χ0n) is 16.0. The maximum absolute atomic E-state index is 12.2. The number of carbonyl (C=O) groups excluding carboxylic acids is 1. The predicted molar refractivity (Wildman–Crippen MR) is 108 cm³/mol. The standard InChI is InChI=1S/C20H24N2O5S/c1-3-15-6-8-16(9-7-15)21-20(23)5-4-12-22(28(2,24)25)17-10-11-18-19(13-17)27-14-26-18/h6-11,13H,3-5,12,14H2,1-2H3,(H,21,23). The maximum atomic E-state index is 12.2. The zero-order valence-corrected chi connectivity index (χ0v) is 16.8. The fourth-order valence-electron chi connectivity index (χ4n) is 2.96. The number of hydrogen-bond donors (Lipinski definition) is 1. The van der Waals surface area contributed by atoms with Gasteiger partial charge in [-0.1, -0.05) is 19.1 Å². The van der Waals surface area contributed by atoms with Crippen LogP contribution in [0.2, 0.25) is 0 Å². The highest BCUT2D eigenvalue weighted by Crippen LogP contribution is 2.36. The van der Waals surface area contributed by atoms with Gasteiger partial charge in [-0.15, -0.1) is 0 Å². The number of rotatable bonds is 8. The molecule has 0 aliphatic carbocycles. The molecule has 2 aromatic carbocycles. The lowest BCUT2D eigenvalue weighted by atomic mass is 10.1. The number of hydrogen-bond acceptors (Lipinski definition) is 5. The van der Waals surface area contributed by atoms with Gasteiger partial charge < -0.3 is 14.8 Å². The largest absolute Gasteiger partial charge is 0.454 e. The summed E-state index contributed by atoms with van der Waals surface area (Å²) in [6.45, 7) is 2.39. The van der Waals surface area contributed by atoms with Crippen LogP contribution in [0.3, 0.4) is 0 Å². The van der Waals surface area contributed by atoms with Gasteiger partial charge in [0, 0.05) is 24.7 Å². The van der Waals surface area contributed by atoms with Gasteiger partial charge in [0.25, 0.3) is 0 Å². The second-order valence-electron chi connectivity index (χ2n) is 6.57. The number of sulfonamides is 1. The Kier molecular flexibility index (Phi) is 6.08. The monoisotopic (exact) mass is 404 g/mol. The van der Waals surface area contributed by atoms with Gasteiger partial charge in [-0.3, -0.25) is 9.10 Å². The second-order valence-corrected chi connectivity index (χ2v) is 8.48. The van der Waals surface area contributed by atoms with E-state index >= 15 is 0 Å². The van der Waals surface area contributed by atoms with Gasteiger partial charge in [0.05, 0.1) is 11.9 Å². The first-order valence-electron chi connectivity index (χ1n) is 9.13. The molecule has 0 bridgehead atoms. The molecule has 1 aliphatic heterocycles. The summed E-state index contributed by atoms with van der Waals surface area (Å²) in [6, 6.07) is 12.7. The minimum absolute atomic E-state index is 0.122. The quantitative estimate of drug-likeness (QED) is 0.731. The molecular formula is C20H24N2O5S. The Balaban J connectivity index is 1.59. The van der Waals surface area contributed by atoms with E-state index in [9.17, 15) is 13.2 Å². The summed E-state index contributed by atoms with van der Waals surface area (Å²) in [5, 5.41) is 2.84. The number of benzene rings is 2. The summed E-state index contributed by atoms with van der Waals surface area (Å²) >= 11 is 0. The molecule has 0 radical (unpaired) electrons. The van der Waals surface area contributed by atoms with Crippen LogP contribution in [0.1, 0.15) is 25.3 Å². The van der Waals surface area contributed by atoms with Gasteiger partial charge >= 0.3 is 0 Å². The van der Waals surface area contributed by atoms with Crippen molar-refractivity contribution in [1.29, 1.82) is 0 Å². The van der Waals surface area contributed by atoms with Gasteiger partial charge in [0.1, 0.15) is 0 Å². The predicted octanol–water partition coefficient (Wildman–Crippen LogP) is 3.16. The normalized spacial score (nSPS) is 12.6. The highest BCUT2D eigenvalue weighted by atomic mass is 32.2. The van der Waals surface area contributed by atoms with Gasteiger partial charge in [0.2, 0.25) is 22.7 Å². The minimum Gasteiger partial charge on any atom is -0.454 e. The number of nitrogens with zero attached hydrogens (tertiary/aromatic N) is 1. The Hall–Kier alpha value is -2.74. The van der Waals surface area contributed by atoms with Gasteiger partial charge in [-0.25, -0.2) is 8.42 Å². The molecule has 0 fully saturated rings. The van der Waals surface area contributed by atoms with E-state index in [0.717, 1.165) is 18.4 Å². The Labute approximate surface area is 165 Å². The number of ether oxygens (including phenoxy) is 2. The molecule has 8 heteroatoms. The number of amides is 1. The van der Waals surface area contributed by atoms with Crippen molar-refractivity contribution in [1.82, 2.24) is 0 Å². The number of fused-ring (bicyclic) bond motifs is 1. The van der Waals surface area contributed by atoms with Crippen molar-refractivity contribution in [2.45, 2.75) is 26.2 Å². The molecule has 2 aromatic rings. The van der Waals surface area contributed by atoms with Crippen LogP contribution in [-0.4, -0.2) is 33.9 Å². The van der Waals surface area contributed by atoms with Gasteiger partial charge in [-0.05, 0) is 42.7 Å². The van der Waals surface area contributed by atoms with Gasteiger partial charge in [0.15, 0.2) is 11.5 Å². The summed E-state index contributed by atoms with van der Waals surface area (Å²) in [4.78, 5) is 12.2. The number of carbonyl (C=O) groups is 1. The van der Waals surface area contributed by atoms with Crippen LogP contribution in [0.25, 0.3) is 0 Å². The highest BCUT2D eigenvalue weighted by molar-refractivity contribution is 7.92.